The second-order valence-corrected chi connectivity index (χ2v) is 4.97. The highest BCUT2D eigenvalue weighted by Crippen LogP contribution is 2.32. The summed E-state index contributed by atoms with van der Waals surface area (Å²) in [5, 5.41) is 1.23. The number of ether oxygens (including phenoxy) is 1. The zero-order valence-electron chi connectivity index (χ0n) is 11.5. The number of aromatic nitrogens is 2. The summed E-state index contributed by atoms with van der Waals surface area (Å²) in [6, 6.07) is 6.27. The van der Waals surface area contributed by atoms with Crippen LogP contribution in [0.25, 0.3) is 22.0 Å². The predicted molar refractivity (Wildman–Crippen MR) is 81.3 cm³/mol. The molecule has 0 aliphatic heterocycles. The Morgan fingerprint density at radius 2 is 2.05 bits per heavy atom. The third kappa shape index (κ3) is 2.40. The molecule has 0 amide bonds. The third-order valence-electron chi connectivity index (χ3n) is 3.29. The van der Waals surface area contributed by atoms with Gasteiger partial charge in [0.05, 0.1) is 29.6 Å². The van der Waals surface area contributed by atoms with Crippen LogP contribution in [0, 0.1) is 5.82 Å². The number of rotatable bonds is 2. The number of nitrogens with zero attached hydrogens (tertiary/aromatic N) is 2. The van der Waals surface area contributed by atoms with Crippen LogP contribution in [-0.4, -0.2) is 23.0 Å². The molecule has 1 aromatic carbocycles. The summed E-state index contributed by atoms with van der Waals surface area (Å²) < 4.78 is 18.7. The monoisotopic (exact) mass is 316 g/mol. The zero-order valence-corrected chi connectivity index (χ0v) is 12.3. The molecule has 0 radical (unpaired) electrons. The van der Waals surface area contributed by atoms with E-state index in [9.17, 15) is 9.18 Å². The molecule has 2 heterocycles. The van der Waals surface area contributed by atoms with Crippen LogP contribution in [0.3, 0.4) is 0 Å². The minimum absolute atomic E-state index is 0.314. The number of hydrogen-bond donors (Lipinski definition) is 0. The molecule has 3 aromatic rings. The molecule has 6 heteroatoms. The quantitative estimate of drug-likeness (QED) is 0.673. The number of hydrogen-bond acceptors (Lipinski definition) is 4. The van der Waals surface area contributed by atoms with E-state index in [1.54, 1.807) is 18.3 Å². The Bertz CT molecular complexity index is 883. The second-order valence-electron chi connectivity index (χ2n) is 4.56. The highest BCUT2D eigenvalue weighted by Gasteiger charge is 2.15. The van der Waals surface area contributed by atoms with Crippen LogP contribution < -0.4 is 0 Å². The van der Waals surface area contributed by atoms with Crippen molar-refractivity contribution in [3.8, 4) is 11.3 Å². The standard InChI is InChI=1S/C16H10ClFN2O2/c1-22-16(21)9-2-3-10-12(6-9)15(20-8-14(10)18)11-4-5-19-7-13(11)17/h2-8H,1H3. The van der Waals surface area contributed by atoms with Gasteiger partial charge in [-0.3, -0.25) is 9.97 Å². The molecule has 4 nitrogen and oxygen atoms in total. The fourth-order valence-corrected chi connectivity index (χ4v) is 2.44. The zero-order chi connectivity index (χ0) is 15.7. The van der Waals surface area contributed by atoms with Gasteiger partial charge in [-0.25, -0.2) is 9.18 Å². The maximum absolute atomic E-state index is 14.0. The molecule has 0 aliphatic carbocycles. The van der Waals surface area contributed by atoms with Crippen LogP contribution in [-0.2, 0) is 4.74 Å². The van der Waals surface area contributed by atoms with E-state index in [0.717, 1.165) is 6.20 Å². The van der Waals surface area contributed by atoms with Crippen molar-refractivity contribution in [3.63, 3.8) is 0 Å². The first kappa shape index (κ1) is 14.4. The van der Waals surface area contributed by atoms with E-state index >= 15 is 0 Å². The lowest BCUT2D eigenvalue weighted by Gasteiger charge is -2.09. The van der Waals surface area contributed by atoms with E-state index in [4.69, 9.17) is 16.3 Å². The molecular weight excluding hydrogens is 307 g/mol. The molecule has 0 aliphatic rings. The van der Waals surface area contributed by atoms with E-state index in [2.05, 4.69) is 9.97 Å². The summed E-state index contributed by atoms with van der Waals surface area (Å²) in [5.41, 5.74) is 1.41. The van der Waals surface area contributed by atoms with Gasteiger partial charge in [0.25, 0.3) is 0 Å². The lowest BCUT2D eigenvalue weighted by Crippen LogP contribution is -2.01. The van der Waals surface area contributed by atoms with Gasteiger partial charge in [0.1, 0.15) is 5.82 Å². The molecule has 0 spiro atoms. The number of benzene rings is 1. The molecule has 0 saturated heterocycles. The number of carbonyl (C=O) groups excluding carboxylic acids is 1. The molecule has 0 atom stereocenters. The van der Waals surface area contributed by atoms with Crippen LogP contribution in [0.2, 0.25) is 5.02 Å². The predicted octanol–water partition coefficient (Wildman–Crippen LogP) is 3.88. The Kier molecular flexibility index (Phi) is 3.73. The molecule has 0 fully saturated rings. The molecule has 110 valence electrons. The van der Waals surface area contributed by atoms with Crippen molar-refractivity contribution >= 4 is 28.3 Å². The van der Waals surface area contributed by atoms with E-state index in [1.165, 1.54) is 25.4 Å². The van der Waals surface area contributed by atoms with Crippen LogP contribution in [0.5, 0.6) is 0 Å². The van der Waals surface area contributed by atoms with Crippen molar-refractivity contribution in [2.24, 2.45) is 0 Å². The normalized spacial score (nSPS) is 10.7. The molecule has 22 heavy (non-hydrogen) atoms. The van der Waals surface area contributed by atoms with Gasteiger partial charge in [0.2, 0.25) is 0 Å². The first-order chi connectivity index (χ1) is 10.6. The number of carbonyl (C=O) groups is 1. The average Bonchev–Trinajstić information content (AvgIpc) is 2.55. The first-order valence-electron chi connectivity index (χ1n) is 6.38. The fourth-order valence-electron chi connectivity index (χ4n) is 2.24. The number of methoxy groups -OCH3 is 1. The minimum atomic E-state index is -0.502. The molecule has 0 saturated carbocycles. The van der Waals surface area contributed by atoms with Gasteiger partial charge < -0.3 is 4.74 Å². The van der Waals surface area contributed by atoms with Gasteiger partial charge in [-0.1, -0.05) is 17.7 Å². The van der Waals surface area contributed by atoms with Crippen molar-refractivity contribution < 1.29 is 13.9 Å². The van der Waals surface area contributed by atoms with Crippen LogP contribution in [0.15, 0.2) is 42.9 Å². The highest BCUT2D eigenvalue weighted by molar-refractivity contribution is 6.33. The summed E-state index contributed by atoms with van der Waals surface area (Å²) in [4.78, 5) is 19.7. The van der Waals surface area contributed by atoms with Crippen molar-refractivity contribution in [1.82, 2.24) is 9.97 Å². The molecule has 0 unspecified atom stereocenters. The van der Waals surface area contributed by atoms with Gasteiger partial charge in [-0.05, 0) is 18.2 Å². The summed E-state index contributed by atoms with van der Waals surface area (Å²) in [6.07, 6.45) is 4.19. The van der Waals surface area contributed by atoms with Crippen molar-refractivity contribution in [2.75, 3.05) is 7.11 Å². The Hall–Kier alpha value is -2.53. The van der Waals surface area contributed by atoms with Crippen LogP contribution in [0.1, 0.15) is 10.4 Å². The van der Waals surface area contributed by atoms with Crippen molar-refractivity contribution in [1.29, 1.82) is 0 Å². The van der Waals surface area contributed by atoms with E-state index in [-0.39, 0.29) is 0 Å². The summed E-state index contributed by atoms with van der Waals surface area (Å²) in [5.74, 6) is -0.974. The van der Waals surface area contributed by atoms with Gasteiger partial charge in [-0.15, -0.1) is 0 Å². The topological polar surface area (TPSA) is 52.1 Å². The highest BCUT2D eigenvalue weighted by atomic mass is 35.5. The summed E-state index contributed by atoms with van der Waals surface area (Å²) in [6.45, 7) is 0. The summed E-state index contributed by atoms with van der Waals surface area (Å²) >= 11 is 6.14. The Labute approximate surface area is 130 Å². The average molecular weight is 317 g/mol. The van der Waals surface area contributed by atoms with E-state index < -0.39 is 11.8 Å². The Morgan fingerprint density at radius 1 is 1.23 bits per heavy atom. The SMILES string of the molecule is COC(=O)c1ccc2c(F)cnc(-c3ccncc3Cl)c2c1. The molecule has 3 rings (SSSR count). The largest absolute Gasteiger partial charge is 0.465 e. The number of halogens is 2. The molecule has 0 N–H and O–H groups in total. The van der Waals surface area contributed by atoms with Crippen LogP contribution in [0.4, 0.5) is 4.39 Å². The molecular formula is C16H10ClFN2O2. The van der Waals surface area contributed by atoms with Gasteiger partial charge in [0.15, 0.2) is 0 Å². The number of pyridine rings is 2. The number of esters is 1. The van der Waals surface area contributed by atoms with Crippen LogP contribution >= 0.6 is 11.6 Å². The Balaban J connectivity index is 2.33. The lowest BCUT2D eigenvalue weighted by molar-refractivity contribution is 0.0601. The summed E-state index contributed by atoms with van der Waals surface area (Å²) in [7, 11) is 1.29. The fraction of sp³-hybridized carbons (Fsp3) is 0.0625. The van der Waals surface area contributed by atoms with Crippen molar-refractivity contribution in [2.45, 2.75) is 0 Å². The first-order valence-corrected chi connectivity index (χ1v) is 6.76. The molecule has 0 bridgehead atoms. The van der Waals surface area contributed by atoms with E-state index in [1.807, 2.05) is 0 Å². The maximum Gasteiger partial charge on any atom is 0.337 e. The number of fused-ring (bicyclic) bond motifs is 1. The molecule has 2 aromatic heterocycles. The van der Waals surface area contributed by atoms with E-state index in [0.29, 0.717) is 32.6 Å². The third-order valence-corrected chi connectivity index (χ3v) is 3.59. The maximum atomic E-state index is 14.0. The Morgan fingerprint density at radius 3 is 2.77 bits per heavy atom. The van der Waals surface area contributed by atoms with Gasteiger partial charge >= 0.3 is 5.97 Å². The minimum Gasteiger partial charge on any atom is -0.465 e. The second kappa shape index (κ2) is 5.69. The van der Waals surface area contributed by atoms with Gasteiger partial charge in [-0.2, -0.15) is 0 Å². The van der Waals surface area contributed by atoms with Crippen molar-refractivity contribution in [3.05, 3.63) is 59.3 Å². The van der Waals surface area contributed by atoms with Gasteiger partial charge in [0, 0.05) is 28.7 Å². The lowest BCUT2D eigenvalue weighted by atomic mass is 10.0. The smallest absolute Gasteiger partial charge is 0.337 e.